The first-order valence-corrected chi connectivity index (χ1v) is 13.4. The first kappa shape index (κ1) is 23.7. The Bertz CT molecular complexity index is 1000. The van der Waals surface area contributed by atoms with Crippen molar-refractivity contribution in [3.8, 4) is 11.5 Å². The minimum atomic E-state index is -0.105. The molecule has 1 aliphatic heterocycles. The van der Waals surface area contributed by atoms with Gasteiger partial charge in [-0.2, -0.15) is 0 Å². The number of rotatable bonds is 8. The van der Waals surface area contributed by atoms with Crippen molar-refractivity contribution >= 4 is 46.2 Å². The van der Waals surface area contributed by atoms with Crippen LogP contribution in [0.25, 0.3) is 6.08 Å². The molecular weight excluding hydrogens is 468 g/mol. The van der Waals surface area contributed by atoms with E-state index in [4.69, 9.17) is 21.7 Å². The fourth-order valence-corrected chi connectivity index (χ4v) is 8.12. The topological polar surface area (TPSA) is 67.9 Å². The maximum absolute atomic E-state index is 13.0. The second-order valence-corrected chi connectivity index (χ2v) is 12.0. The van der Waals surface area contributed by atoms with E-state index in [1.165, 1.54) is 31.0 Å². The molecule has 0 atom stereocenters. The second kappa shape index (κ2) is 9.53. The van der Waals surface area contributed by atoms with Gasteiger partial charge in [0, 0.05) is 18.5 Å². The van der Waals surface area contributed by atoms with E-state index in [0.29, 0.717) is 40.1 Å². The summed E-state index contributed by atoms with van der Waals surface area (Å²) in [5.41, 5.74) is 0.878. The summed E-state index contributed by atoms with van der Waals surface area (Å²) in [5.74, 6) is 3.67. The quantitative estimate of drug-likeness (QED) is 0.410. The highest BCUT2D eigenvalue weighted by Crippen LogP contribution is 2.55. The normalized spacial score (nSPS) is 30.8. The van der Waals surface area contributed by atoms with Crippen molar-refractivity contribution in [1.82, 2.24) is 10.2 Å². The van der Waals surface area contributed by atoms with Crippen LogP contribution in [0, 0.1) is 17.8 Å². The number of thioether (sulfide) groups is 1. The first-order valence-electron chi connectivity index (χ1n) is 12.2. The molecule has 8 heteroatoms. The van der Waals surface area contributed by atoms with Crippen LogP contribution in [0.15, 0.2) is 23.1 Å². The van der Waals surface area contributed by atoms with Gasteiger partial charge >= 0.3 is 0 Å². The van der Waals surface area contributed by atoms with Gasteiger partial charge in [-0.15, -0.1) is 0 Å². The summed E-state index contributed by atoms with van der Waals surface area (Å²) in [6.07, 6.45) is 10.4. The van der Waals surface area contributed by atoms with E-state index in [1.54, 1.807) is 19.1 Å². The molecule has 6 nitrogen and oxygen atoms in total. The van der Waals surface area contributed by atoms with Gasteiger partial charge in [0.25, 0.3) is 5.91 Å². The standard InChI is InChI=1S/C26H32N2O4S2/c1-31-20-6-5-16(11-21(20)32-2)12-22-24(30)28(25(33)34-22)7-3-4-23(29)27-26-13-17-8-18(14-26)10-19(9-17)15-26/h5-6,11-12,17-19H,3-4,7-10,13-15H2,1-2H3,(H,27,29)/b22-12-. The summed E-state index contributed by atoms with van der Waals surface area (Å²) in [4.78, 5) is 28.0. The molecule has 4 aliphatic carbocycles. The highest BCUT2D eigenvalue weighted by Gasteiger charge is 2.51. The van der Waals surface area contributed by atoms with Crippen molar-refractivity contribution in [2.75, 3.05) is 20.8 Å². The van der Waals surface area contributed by atoms with Crippen molar-refractivity contribution in [3.63, 3.8) is 0 Å². The van der Waals surface area contributed by atoms with E-state index in [0.717, 1.165) is 42.6 Å². The van der Waals surface area contributed by atoms with Crippen LogP contribution in [0.5, 0.6) is 11.5 Å². The third kappa shape index (κ3) is 4.71. The fraction of sp³-hybridized carbons (Fsp3) is 0.577. The molecule has 5 aliphatic rings. The van der Waals surface area contributed by atoms with Crippen molar-refractivity contribution in [3.05, 3.63) is 28.7 Å². The molecule has 4 bridgehead atoms. The zero-order chi connectivity index (χ0) is 23.9. The molecule has 1 saturated heterocycles. The molecule has 0 spiro atoms. The van der Waals surface area contributed by atoms with Gasteiger partial charge in [0.05, 0.1) is 19.1 Å². The molecule has 5 fully saturated rings. The number of thiocarbonyl (C=S) groups is 1. The number of carbonyl (C=O) groups is 2. The lowest BCUT2D eigenvalue weighted by atomic mass is 9.53. The Morgan fingerprint density at radius 3 is 2.41 bits per heavy atom. The summed E-state index contributed by atoms with van der Waals surface area (Å²) in [5, 5.41) is 3.42. The number of amides is 2. The average Bonchev–Trinajstić information content (AvgIpc) is 3.05. The van der Waals surface area contributed by atoms with Crippen LogP contribution >= 0.6 is 24.0 Å². The predicted molar refractivity (Wildman–Crippen MR) is 138 cm³/mol. The number of carbonyl (C=O) groups excluding carboxylic acids is 2. The molecular formula is C26H32N2O4S2. The number of nitrogens with one attached hydrogen (secondary N) is 1. The molecule has 1 aromatic rings. The summed E-state index contributed by atoms with van der Waals surface area (Å²) >= 11 is 6.77. The Morgan fingerprint density at radius 2 is 1.79 bits per heavy atom. The van der Waals surface area contributed by atoms with Gasteiger partial charge in [0.2, 0.25) is 5.91 Å². The molecule has 182 valence electrons. The van der Waals surface area contributed by atoms with Crippen LogP contribution in [0.1, 0.15) is 56.9 Å². The molecule has 0 radical (unpaired) electrons. The number of hydrogen-bond donors (Lipinski definition) is 1. The van der Waals surface area contributed by atoms with Gasteiger partial charge in [-0.1, -0.05) is 30.0 Å². The largest absolute Gasteiger partial charge is 0.493 e. The van der Waals surface area contributed by atoms with Crippen LogP contribution in [0.2, 0.25) is 0 Å². The van der Waals surface area contributed by atoms with Crippen LogP contribution in [-0.4, -0.2) is 47.3 Å². The molecule has 1 heterocycles. The zero-order valence-corrected chi connectivity index (χ0v) is 21.4. The maximum Gasteiger partial charge on any atom is 0.266 e. The number of nitrogens with zero attached hydrogens (tertiary/aromatic N) is 1. The smallest absolute Gasteiger partial charge is 0.266 e. The minimum Gasteiger partial charge on any atom is -0.493 e. The van der Waals surface area contributed by atoms with E-state index in [9.17, 15) is 9.59 Å². The lowest BCUT2D eigenvalue weighted by Gasteiger charge is -2.56. The SMILES string of the molecule is COc1ccc(/C=C2\SC(=S)N(CCCC(=O)NC34CC5CC(CC(C5)C3)C4)C2=O)cc1OC. The molecule has 34 heavy (non-hydrogen) atoms. The molecule has 4 saturated carbocycles. The van der Waals surface area contributed by atoms with E-state index >= 15 is 0 Å². The van der Waals surface area contributed by atoms with Crippen molar-refractivity contribution in [1.29, 1.82) is 0 Å². The van der Waals surface area contributed by atoms with Gasteiger partial charge in [-0.05, 0) is 86.5 Å². The van der Waals surface area contributed by atoms with Crippen LogP contribution < -0.4 is 14.8 Å². The summed E-state index contributed by atoms with van der Waals surface area (Å²) < 4.78 is 11.2. The summed E-state index contributed by atoms with van der Waals surface area (Å²) in [7, 11) is 3.17. The average molecular weight is 501 g/mol. The molecule has 0 aromatic heterocycles. The Labute approximate surface area is 210 Å². The van der Waals surface area contributed by atoms with E-state index in [2.05, 4.69) is 5.32 Å². The Balaban J connectivity index is 1.15. The first-order chi connectivity index (χ1) is 16.4. The van der Waals surface area contributed by atoms with Gasteiger partial charge in [0.15, 0.2) is 11.5 Å². The second-order valence-electron chi connectivity index (χ2n) is 10.3. The number of methoxy groups -OCH3 is 2. The number of ether oxygens (including phenoxy) is 2. The third-order valence-corrected chi connectivity index (χ3v) is 9.19. The molecule has 1 aromatic carbocycles. The van der Waals surface area contributed by atoms with Crippen molar-refractivity contribution in [2.45, 2.75) is 56.9 Å². The van der Waals surface area contributed by atoms with Gasteiger partial charge in [-0.3, -0.25) is 14.5 Å². The van der Waals surface area contributed by atoms with Crippen LogP contribution in [0.3, 0.4) is 0 Å². The third-order valence-electron chi connectivity index (χ3n) is 7.81. The Hall–Kier alpha value is -2.06. The van der Waals surface area contributed by atoms with E-state index in [-0.39, 0.29) is 17.4 Å². The fourth-order valence-electron chi connectivity index (χ4n) is 6.81. The lowest BCUT2D eigenvalue weighted by molar-refractivity contribution is -0.127. The van der Waals surface area contributed by atoms with Crippen LogP contribution in [0.4, 0.5) is 0 Å². The summed E-state index contributed by atoms with van der Waals surface area (Å²) in [6, 6.07) is 5.52. The molecule has 6 rings (SSSR count). The monoisotopic (exact) mass is 500 g/mol. The van der Waals surface area contributed by atoms with Crippen LogP contribution in [-0.2, 0) is 9.59 Å². The molecule has 0 unspecified atom stereocenters. The van der Waals surface area contributed by atoms with E-state index in [1.807, 2.05) is 24.3 Å². The minimum absolute atomic E-state index is 0.0375. The Morgan fingerprint density at radius 1 is 1.15 bits per heavy atom. The zero-order valence-electron chi connectivity index (χ0n) is 19.8. The number of benzene rings is 1. The van der Waals surface area contributed by atoms with Crippen molar-refractivity contribution < 1.29 is 19.1 Å². The highest BCUT2D eigenvalue weighted by molar-refractivity contribution is 8.26. The van der Waals surface area contributed by atoms with E-state index < -0.39 is 0 Å². The maximum atomic E-state index is 13.0. The predicted octanol–water partition coefficient (Wildman–Crippen LogP) is 4.77. The van der Waals surface area contributed by atoms with Gasteiger partial charge < -0.3 is 14.8 Å². The van der Waals surface area contributed by atoms with Gasteiger partial charge in [0.1, 0.15) is 4.32 Å². The highest BCUT2D eigenvalue weighted by atomic mass is 32.2. The summed E-state index contributed by atoms with van der Waals surface area (Å²) in [6.45, 7) is 0.461. The Kier molecular flexibility index (Phi) is 6.64. The number of hydrogen-bond acceptors (Lipinski definition) is 6. The lowest BCUT2D eigenvalue weighted by Crippen LogP contribution is -2.59. The molecule has 1 N–H and O–H groups in total. The van der Waals surface area contributed by atoms with Gasteiger partial charge in [-0.25, -0.2) is 0 Å². The molecule has 2 amide bonds. The van der Waals surface area contributed by atoms with Crippen molar-refractivity contribution in [2.24, 2.45) is 17.8 Å².